The molecule has 110 valence electrons. The average molecular weight is 274 g/mol. The van der Waals surface area contributed by atoms with Gasteiger partial charge in [0.2, 0.25) is 0 Å². The standard InChI is InChI=1S/C16H26N4/c1-16(2,3)15-17-9-6-14(19-15)18-12-7-10-20(11-8-12)13-4-5-13/h6,9,12-13H,4-5,7-8,10-11H2,1-3H3,(H,17,18,19). The molecule has 3 rings (SSSR count). The van der Waals surface area contributed by atoms with Crippen LogP contribution in [0.3, 0.4) is 0 Å². The topological polar surface area (TPSA) is 41.1 Å². The number of likely N-dealkylation sites (tertiary alicyclic amines) is 1. The Labute approximate surface area is 122 Å². The predicted molar refractivity (Wildman–Crippen MR) is 82.0 cm³/mol. The normalized spacial score (nSPS) is 21.9. The number of rotatable bonds is 3. The number of hydrogen-bond donors (Lipinski definition) is 1. The van der Waals surface area contributed by atoms with Gasteiger partial charge >= 0.3 is 0 Å². The Morgan fingerprint density at radius 3 is 2.45 bits per heavy atom. The molecule has 2 fully saturated rings. The molecule has 0 bridgehead atoms. The van der Waals surface area contributed by atoms with E-state index in [4.69, 9.17) is 0 Å². The molecule has 1 aromatic rings. The summed E-state index contributed by atoms with van der Waals surface area (Å²) in [6, 6.07) is 3.46. The van der Waals surface area contributed by atoms with Crippen molar-refractivity contribution in [2.24, 2.45) is 0 Å². The molecule has 1 saturated heterocycles. The van der Waals surface area contributed by atoms with Crippen LogP contribution in [-0.4, -0.2) is 40.0 Å². The molecule has 20 heavy (non-hydrogen) atoms. The second-order valence-corrected chi connectivity index (χ2v) is 7.20. The Balaban J connectivity index is 1.58. The molecule has 0 amide bonds. The fourth-order valence-corrected chi connectivity index (χ4v) is 2.86. The molecule has 0 spiro atoms. The van der Waals surface area contributed by atoms with E-state index < -0.39 is 0 Å². The summed E-state index contributed by atoms with van der Waals surface area (Å²) in [5, 5.41) is 3.60. The van der Waals surface area contributed by atoms with E-state index in [0.717, 1.165) is 17.7 Å². The monoisotopic (exact) mass is 274 g/mol. The van der Waals surface area contributed by atoms with E-state index >= 15 is 0 Å². The fourth-order valence-electron chi connectivity index (χ4n) is 2.86. The summed E-state index contributed by atoms with van der Waals surface area (Å²) in [4.78, 5) is 11.7. The van der Waals surface area contributed by atoms with Gasteiger partial charge in [0.25, 0.3) is 0 Å². The van der Waals surface area contributed by atoms with E-state index in [9.17, 15) is 0 Å². The van der Waals surface area contributed by atoms with Gasteiger partial charge in [0.15, 0.2) is 0 Å². The van der Waals surface area contributed by atoms with Crippen molar-refractivity contribution in [3.05, 3.63) is 18.1 Å². The van der Waals surface area contributed by atoms with Crippen molar-refractivity contribution in [2.75, 3.05) is 18.4 Å². The Morgan fingerprint density at radius 2 is 1.85 bits per heavy atom. The van der Waals surface area contributed by atoms with Crippen LogP contribution in [0.15, 0.2) is 12.3 Å². The lowest BCUT2D eigenvalue weighted by Gasteiger charge is -2.32. The van der Waals surface area contributed by atoms with Crippen molar-refractivity contribution < 1.29 is 0 Å². The second-order valence-electron chi connectivity index (χ2n) is 7.20. The predicted octanol–water partition coefficient (Wildman–Crippen LogP) is 2.81. The summed E-state index contributed by atoms with van der Waals surface area (Å²) in [5.41, 5.74) is 0.00697. The molecule has 1 aromatic heterocycles. The lowest BCUT2D eigenvalue weighted by Crippen LogP contribution is -2.40. The van der Waals surface area contributed by atoms with Crippen LogP contribution in [0.25, 0.3) is 0 Å². The summed E-state index contributed by atoms with van der Waals surface area (Å²) < 4.78 is 0. The molecule has 0 aromatic carbocycles. The highest BCUT2D eigenvalue weighted by Gasteiger charge is 2.31. The molecule has 4 nitrogen and oxygen atoms in total. The first-order valence-electron chi connectivity index (χ1n) is 7.86. The van der Waals surface area contributed by atoms with Gasteiger partial charge in [-0.1, -0.05) is 20.8 Å². The van der Waals surface area contributed by atoms with Crippen LogP contribution >= 0.6 is 0 Å². The largest absolute Gasteiger partial charge is 0.367 e. The minimum atomic E-state index is 0.00697. The van der Waals surface area contributed by atoms with Crippen molar-refractivity contribution in [2.45, 2.75) is 64.0 Å². The van der Waals surface area contributed by atoms with Gasteiger partial charge in [0.1, 0.15) is 11.6 Å². The molecule has 1 N–H and O–H groups in total. The summed E-state index contributed by atoms with van der Waals surface area (Å²) in [5.74, 6) is 1.90. The minimum absolute atomic E-state index is 0.00697. The Morgan fingerprint density at radius 1 is 1.15 bits per heavy atom. The SMILES string of the molecule is CC(C)(C)c1nccc(NC2CCN(C3CC3)CC2)n1. The number of piperidine rings is 1. The maximum atomic E-state index is 4.67. The smallest absolute Gasteiger partial charge is 0.135 e. The van der Waals surface area contributed by atoms with Crippen LogP contribution in [0.4, 0.5) is 5.82 Å². The van der Waals surface area contributed by atoms with Gasteiger partial charge < -0.3 is 10.2 Å². The van der Waals surface area contributed by atoms with Crippen molar-refractivity contribution in [1.29, 1.82) is 0 Å². The first kappa shape index (κ1) is 13.8. The van der Waals surface area contributed by atoms with Crippen molar-refractivity contribution in [3.63, 3.8) is 0 Å². The van der Waals surface area contributed by atoms with E-state index in [1.54, 1.807) is 0 Å². The Hall–Kier alpha value is -1.16. The molecular weight excluding hydrogens is 248 g/mol. The molecule has 1 saturated carbocycles. The fraction of sp³-hybridized carbons (Fsp3) is 0.750. The van der Waals surface area contributed by atoms with Crippen LogP contribution in [-0.2, 0) is 5.41 Å². The van der Waals surface area contributed by atoms with Gasteiger partial charge in [-0.2, -0.15) is 0 Å². The number of hydrogen-bond acceptors (Lipinski definition) is 4. The van der Waals surface area contributed by atoms with Crippen LogP contribution in [0.1, 0.15) is 52.3 Å². The molecule has 2 aliphatic rings. The van der Waals surface area contributed by atoms with Gasteiger partial charge in [-0.05, 0) is 31.7 Å². The minimum Gasteiger partial charge on any atom is -0.367 e. The van der Waals surface area contributed by atoms with Crippen LogP contribution in [0.5, 0.6) is 0 Å². The molecule has 0 unspecified atom stereocenters. The quantitative estimate of drug-likeness (QED) is 0.920. The Kier molecular flexibility index (Phi) is 3.67. The van der Waals surface area contributed by atoms with E-state index in [2.05, 4.69) is 41.0 Å². The first-order valence-corrected chi connectivity index (χ1v) is 7.86. The van der Waals surface area contributed by atoms with E-state index in [-0.39, 0.29) is 5.41 Å². The highest BCUT2D eigenvalue weighted by Crippen LogP contribution is 2.30. The number of nitrogens with one attached hydrogen (secondary N) is 1. The van der Waals surface area contributed by atoms with Crippen LogP contribution in [0.2, 0.25) is 0 Å². The van der Waals surface area contributed by atoms with Gasteiger partial charge in [-0.25, -0.2) is 9.97 Å². The maximum absolute atomic E-state index is 4.67. The maximum Gasteiger partial charge on any atom is 0.135 e. The van der Waals surface area contributed by atoms with E-state index in [1.807, 2.05) is 12.3 Å². The highest BCUT2D eigenvalue weighted by molar-refractivity contribution is 5.35. The number of nitrogens with zero attached hydrogens (tertiary/aromatic N) is 3. The Bertz CT molecular complexity index is 454. The molecule has 0 atom stereocenters. The third-order valence-corrected chi connectivity index (χ3v) is 4.27. The third-order valence-electron chi connectivity index (χ3n) is 4.27. The molecule has 1 aliphatic carbocycles. The second kappa shape index (κ2) is 5.32. The zero-order chi connectivity index (χ0) is 14.2. The van der Waals surface area contributed by atoms with Crippen LogP contribution in [0, 0.1) is 0 Å². The van der Waals surface area contributed by atoms with Gasteiger partial charge in [-0.15, -0.1) is 0 Å². The molecule has 0 radical (unpaired) electrons. The van der Waals surface area contributed by atoms with Gasteiger partial charge in [0, 0.05) is 36.8 Å². The molecular formula is C16H26N4. The summed E-state index contributed by atoms with van der Waals surface area (Å²) in [7, 11) is 0. The lowest BCUT2D eigenvalue weighted by atomic mass is 9.96. The highest BCUT2D eigenvalue weighted by atomic mass is 15.2. The molecule has 4 heteroatoms. The van der Waals surface area contributed by atoms with Crippen molar-refractivity contribution in [1.82, 2.24) is 14.9 Å². The zero-order valence-corrected chi connectivity index (χ0v) is 12.9. The summed E-state index contributed by atoms with van der Waals surface area (Å²) in [6.45, 7) is 8.93. The number of anilines is 1. The number of aromatic nitrogens is 2. The average Bonchev–Trinajstić information content (AvgIpc) is 3.23. The third kappa shape index (κ3) is 3.29. The summed E-state index contributed by atoms with van der Waals surface area (Å²) >= 11 is 0. The zero-order valence-electron chi connectivity index (χ0n) is 12.9. The van der Waals surface area contributed by atoms with Crippen LogP contribution < -0.4 is 5.32 Å². The molecule has 2 heterocycles. The van der Waals surface area contributed by atoms with E-state index in [1.165, 1.54) is 38.8 Å². The first-order chi connectivity index (χ1) is 9.52. The van der Waals surface area contributed by atoms with Gasteiger partial charge in [-0.3, -0.25) is 0 Å². The molecule has 1 aliphatic heterocycles. The van der Waals surface area contributed by atoms with Crippen molar-refractivity contribution in [3.8, 4) is 0 Å². The van der Waals surface area contributed by atoms with E-state index in [0.29, 0.717) is 6.04 Å². The van der Waals surface area contributed by atoms with Crippen molar-refractivity contribution >= 4 is 5.82 Å². The lowest BCUT2D eigenvalue weighted by molar-refractivity contribution is 0.210. The van der Waals surface area contributed by atoms with Gasteiger partial charge in [0.05, 0.1) is 0 Å². The summed E-state index contributed by atoms with van der Waals surface area (Å²) in [6.07, 6.45) is 7.16.